The van der Waals surface area contributed by atoms with E-state index in [1.807, 2.05) is 6.92 Å². The molecule has 0 aliphatic carbocycles. The highest BCUT2D eigenvalue weighted by Gasteiger charge is 2.19. The Morgan fingerprint density at radius 3 is 2.60 bits per heavy atom. The van der Waals surface area contributed by atoms with Gasteiger partial charge in [-0.1, -0.05) is 26.5 Å². The van der Waals surface area contributed by atoms with Crippen molar-refractivity contribution >= 4 is 24.0 Å². The smallest absolute Gasteiger partial charge is 0.272 e. The van der Waals surface area contributed by atoms with Crippen LogP contribution < -0.4 is 11.1 Å². The second-order valence-corrected chi connectivity index (χ2v) is 4.15. The van der Waals surface area contributed by atoms with Crippen molar-refractivity contribution in [2.24, 2.45) is 5.73 Å². The Balaban J connectivity index is 0.00000400. The van der Waals surface area contributed by atoms with Crippen LogP contribution in [0, 0.1) is 0 Å². The number of nitrogens with zero attached hydrogens (tertiary/aromatic N) is 2. The molecule has 20 heavy (non-hydrogen) atoms. The van der Waals surface area contributed by atoms with Gasteiger partial charge in [-0.3, -0.25) is 14.6 Å². The average molecular weight is 276 g/mol. The third-order valence-electron chi connectivity index (χ3n) is 2.67. The Morgan fingerprint density at radius 2 is 2.10 bits per heavy atom. The van der Waals surface area contributed by atoms with Crippen molar-refractivity contribution in [3.63, 3.8) is 0 Å². The molecule has 1 aromatic rings. The number of carbonyl (C=O) groups is 2. The van der Waals surface area contributed by atoms with E-state index in [1.165, 1.54) is 18.3 Å². The summed E-state index contributed by atoms with van der Waals surface area (Å²) in [6.45, 7) is 9.10. The van der Waals surface area contributed by atoms with Crippen molar-refractivity contribution in [3.05, 3.63) is 36.4 Å². The fourth-order valence-corrected chi connectivity index (χ4v) is 1.64. The van der Waals surface area contributed by atoms with Crippen LogP contribution in [-0.2, 0) is 4.79 Å². The third-order valence-corrected chi connectivity index (χ3v) is 2.67. The standard InChI is InChI=1S/C14H18N4O2.H2/c1-4-7-11(13(15)19)18-14(20)12-8-16-9(5-2)10(6-3)17-12;/h5-6,8,11H,2-4,7H2,1H3,(H2,15,19)(H,18,20);1H/t11-;/m0./s1. The van der Waals surface area contributed by atoms with E-state index >= 15 is 0 Å². The molecule has 3 N–H and O–H groups in total. The monoisotopic (exact) mass is 276 g/mol. The molecule has 1 heterocycles. The van der Waals surface area contributed by atoms with Crippen LogP contribution in [0.4, 0.5) is 0 Å². The maximum absolute atomic E-state index is 12.0. The van der Waals surface area contributed by atoms with Crippen molar-refractivity contribution in [2.45, 2.75) is 25.8 Å². The van der Waals surface area contributed by atoms with Crippen molar-refractivity contribution < 1.29 is 11.0 Å². The van der Waals surface area contributed by atoms with Gasteiger partial charge in [-0.2, -0.15) is 0 Å². The fraction of sp³-hybridized carbons (Fsp3) is 0.286. The minimum absolute atomic E-state index is 0. The lowest BCUT2D eigenvalue weighted by Gasteiger charge is -2.14. The highest BCUT2D eigenvalue weighted by molar-refractivity contribution is 5.95. The molecule has 0 aliphatic rings. The van der Waals surface area contributed by atoms with E-state index in [-0.39, 0.29) is 7.12 Å². The number of primary amides is 1. The largest absolute Gasteiger partial charge is 0.368 e. The molecule has 0 fully saturated rings. The summed E-state index contributed by atoms with van der Waals surface area (Å²) in [6.07, 6.45) is 5.54. The molecule has 108 valence electrons. The quantitative estimate of drug-likeness (QED) is 0.786. The fourth-order valence-electron chi connectivity index (χ4n) is 1.64. The number of amides is 2. The predicted octanol–water partition coefficient (Wildman–Crippen LogP) is 1.39. The highest BCUT2D eigenvalue weighted by atomic mass is 16.2. The van der Waals surface area contributed by atoms with Crippen molar-refractivity contribution in [2.75, 3.05) is 0 Å². The van der Waals surface area contributed by atoms with E-state index in [0.717, 1.165) is 6.42 Å². The second-order valence-electron chi connectivity index (χ2n) is 4.15. The van der Waals surface area contributed by atoms with Crippen molar-refractivity contribution in [3.8, 4) is 0 Å². The van der Waals surface area contributed by atoms with Crippen molar-refractivity contribution in [1.82, 2.24) is 15.3 Å². The van der Waals surface area contributed by atoms with Crippen LogP contribution in [0.5, 0.6) is 0 Å². The molecule has 0 saturated heterocycles. The van der Waals surface area contributed by atoms with E-state index < -0.39 is 17.9 Å². The zero-order chi connectivity index (χ0) is 15.1. The number of hydrogen-bond donors (Lipinski definition) is 2. The van der Waals surface area contributed by atoms with E-state index in [2.05, 4.69) is 28.4 Å². The van der Waals surface area contributed by atoms with Crippen LogP contribution in [0.1, 0.15) is 43.1 Å². The maximum Gasteiger partial charge on any atom is 0.272 e. The average Bonchev–Trinajstić information content (AvgIpc) is 2.45. The van der Waals surface area contributed by atoms with Gasteiger partial charge in [0.15, 0.2) is 0 Å². The van der Waals surface area contributed by atoms with Gasteiger partial charge in [-0.15, -0.1) is 0 Å². The lowest BCUT2D eigenvalue weighted by molar-refractivity contribution is -0.120. The molecule has 0 radical (unpaired) electrons. The van der Waals surface area contributed by atoms with Gasteiger partial charge in [0.25, 0.3) is 5.91 Å². The lowest BCUT2D eigenvalue weighted by atomic mass is 10.1. The molecule has 1 aromatic heterocycles. The van der Waals surface area contributed by atoms with Gasteiger partial charge in [-0.25, -0.2) is 4.98 Å². The third kappa shape index (κ3) is 3.74. The summed E-state index contributed by atoms with van der Waals surface area (Å²) in [4.78, 5) is 31.4. The Labute approximate surface area is 119 Å². The summed E-state index contributed by atoms with van der Waals surface area (Å²) in [7, 11) is 0. The van der Waals surface area contributed by atoms with Gasteiger partial charge in [0, 0.05) is 1.43 Å². The van der Waals surface area contributed by atoms with E-state index in [9.17, 15) is 9.59 Å². The number of aromatic nitrogens is 2. The number of nitrogens with two attached hydrogens (primary N) is 1. The van der Waals surface area contributed by atoms with E-state index in [4.69, 9.17) is 5.73 Å². The Kier molecular flexibility index (Phi) is 5.58. The predicted molar refractivity (Wildman–Crippen MR) is 79.7 cm³/mol. The van der Waals surface area contributed by atoms with E-state index in [0.29, 0.717) is 17.8 Å². The second kappa shape index (κ2) is 7.18. The Bertz CT molecular complexity index is 546. The number of nitrogens with one attached hydrogen (secondary N) is 1. The number of rotatable bonds is 7. The van der Waals surface area contributed by atoms with Crippen LogP contribution in [0.15, 0.2) is 19.4 Å². The molecule has 1 rings (SSSR count). The molecule has 0 aromatic carbocycles. The van der Waals surface area contributed by atoms with Crippen LogP contribution in [0.3, 0.4) is 0 Å². The van der Waals surface area contributed by atoms with Crippen LogP contribution in [0.2, 0.25) is 0 Å². The molecular formula is C14H20N4O2. The molecule has 0 unspecified atom stereocenters. The summed E-state index contributed by atoms with van der Waals surface area (Å²) in [5, 5.41) is 2.55. The molecule has 2 amide bonds. The summed E-state index contributed by atoms with van der Waals surface area (Å²) in [5.74, 6) is -1.06. The van der Waals surface area contributed by atoms with Gasteiger partial charge < -0.3 is 11.1 Å². The zero-order valence-electron chi connectivity index (χ0n) is 11.4. The summed E-state index contributed by atoms with van der Waals surface area (Å²) < 4.78 is 0. The number of carbonyl (C=O) groups excluding carboxylic acids is 2. The van der Waals surface area contributed by atoms with Gasteiger partial charge in [0.1, 0.15) is 11.7 Å². The first kappa shape index (κ1) is 15.6. The van der Waals surface area contributed by atoms with Gasteiger partial charge >= 0.3 is 0 Å². The van der Waals surface area contributed by atoms with Gasteiger partial charge in [0.05, 0.1) is 17.6 Å². The summed E-state index contributed by atoms with van der Waals surface area (Å²) in [6, 6.07) is -0.708. The Hall–Kier alpha value is -2.50. The molecule has 0 spiro atoms. The molecular weight excluding hydrogens is 256 g/mol. The van der Waals surface area contributed by atoms with Crippen molar-refractivity contribution in [1.29, 1.82) is 0 Å². The first-order chi connectivity index (χ1) is 9.53. The first-order valence-corrected chi connectivity index (χ1v) is 6.25. The van der Waals surface area contributed by atoms with Gasteiger partial charge in [0.2, 0.25) is 5.91 Å². The molecule has 0 saturated carbocycles. The molecule has 0 bridgehead atoms. The maximum atomic E-state index is 12.0. The van der Waals surface area contributed by atoms with Crippen LogP contribution in [-0.4, -0.2) is 27.8 Å². The lowest BCUT2D eigenvalue weighted by Crippen LogP contribution is -2.44. The highest BCUT2D eigenvalue weighted by Crippen LogP contribution is 2.07. The molecule has 0 aliphatic heterocycles. The summed E-state index contributed by atoms with van der Waals surface area (Å²) in [5.41, 5.74) is 6.33. The topological polar surface area (TPSA) is 98.0 Å². The minimum atomic E-state index is -0.708. The normalized spacial score (nSPS) is 11.4. The van der Waals surface area contributed by atoms with Crippen LogP contribution in [0.25, 0.3) is 12.2 Å². The number of hydrogen-bond acceptors (Lipinski definition) is 4. The van der Waals surface area contributed by atoms with Gasteiger partial charge in [-0.05, 0) is 18.6 Å². The first-order valence-electron chi connectivity index (χ1n) is 6.25. The van der Waals surface area contributed by atoms with Crippen LogP contribution >= 0.6 is 0 Å². The SMILES string of the molecule is C=Cc1ncc(C(=O)N[C@@H](CCC)C(N)=O)nc1C=C.[HH]. The molecule has 6 heteroatoms. The summed E-state index contributed by atoms with van der Waals surface area (Å²) >= 11 is 0. The Morgan fingerprint density at radius 1 is 1.45 bits per heavy atom. The molecule has 1 atom stereocenters. The minimum Gasteiger partial charge on any atom is -0.368 e. The van der Waals surface area contributed by atoms with E-state index in [1.54, 1.807) is 0 Å². The zero-order valence-corrected chi connectivity index (χ0v) is 11.4. The molecule has 6 nitrogen and oxygen atoms in total.